The summed E-state index contributed by atoms with van der Waals surface area (Å²) in [6.07, 6.45) is -0.727. The quantitative estimate of drug-likeness (QED) is 0.715. The average molecular weight is 291 g/mol. The van der Waals surface area contributed by atoms with Gasteiger partial charge in [-0.05, 0) is 12.1 Å². The lowest BCUT2D eigenvalue weighted by Crippen LogP contribution is -2.12. The number of nitrogens with zero attached hydrogens (tertiary/aromatic N) is 3. The van der Waals surface area contributed by atoms with Gasteiger partial charge in [-0.1, -0.05) is 23.5 Å². The molecule has 0 fully saturated rings. The number of aliphatic hydroxyl groups excluding tert-OH is 1. The van der Waals surface area contributed by atoms with Crippen LogP contribution in [0.2, 0.25) is 0 Å². The van der Waals surface area contributed by atoms with Crippen LogP contribution in [-0.2, 0) is 11.2 Å². The van der Waals surface area contributed by atoms with Crippen LogP contribution in [0.15, 0.2) is 30.3 Å². The third kappa shape index (κ3) is 2.38. The summed E-state index contributed by atoms with van der Waals surface area (Å²) < 4.78 is 7.16. The first-order valence-corrected chi connectivity index (χ1v) is 6.84. The van der Waals surface area contributed by atoms with Crippen molar-refractivity contribution in [3.63, 3.8) is 0 Å². The molecule has 3 aromatic rings. The number of methoxy groups -OCH3 is 1. The van der Waals surface area contributed by atoms with Crippen molar-refractivity contribution < 1.29 is 14.9 Å². The van der Waals surface area contributed by atoms with E-state index in [1.54, 1.807) is 0 Å². The summed E-state index contributed by atoms with van der Waals surface area (Å²) in [5.41, 5.74) is 1.40. The number of aromatic hydroxyl groups is 1. The number of fused-ring (bicyclic) bond motifs is 1. The van der Waals surface area contributed by atoms with Crippen molar-refractivity contribution in [1.82, 2.24) is 14.8 Å². The van der Waals surface area contributed by atoms with E-state index in [-0.39, 0.29) is 12.3 Å². The highest BCUT2D eigenvalue weighted by atomic mass is 32.1. The predicted octanol–water partition coefficient (Wildman–Crippen LogP) is 1.69. The monoisotopic (exact) mass is 291 g/mol. The molecular weight excluding hydrogens is 278 g/mol. The van der Waals surface area contributed by atoms with Crippen LogP contribution < -0.4 is 0 Å². The van der Waals surface area contributed by atoms with Gasteiger partial charge in [0.15, 0.2) is 6.29 Å². The summed E-state index contributed by atoms with van der Waals surface area (Å²) >= 11 is 1.44. The lowest BCUT2D eigenvalue weighted by atomic mass is 10.3. The first-order chi connectivity index (χ1) is 9.67. The molecule has 0 aliphatic heterocycles. The smallest absolute Gasteiger partial charge is 0.216 e. The van der Waals surface area contributed by atoms with Crippen LogP contribution in [0.5, 0.6) is 5.88 Å². The Morgan fingerprint density at radius 2 is 2.20 bits per heavy atom. The van der Waals surface area contributed by atoms with Gasteiger partial charge < -0.3 is 14.9 Å². The minimum absolute atomic E-state index is 0.0117. The van der Waals surface area contributed by atoms with Gasteiger partial charge in [-0.2, -0.15) is 9.78 Å². The zero-order valence-corrected chi connectivity index (χ0v) is 11.5. The summed E-state index contributed by atoms with van der Waals surface area (Å²) in [6.45, 7) is 0. The molecule has 1 unspecified atom stereocenters. The molecule has 2 heterocycles. The topological polar surface area (TPSA) is 80.4 Å². The van der Waals surface area contributed by atoms with Gasteiger partial charge in [0.25, 0.3) is 0 Å². The molecule has 0 saturated carbocycles. The van der Waals surface area contributed by atoms with Crippen LogP contribution in [0.3, 0.4) is 0 Å². The van der Waals surface area contributed by atoms with Crippen LogP contribution in [0.25, 0.3) is 15.3 Å². The molecule has 0 saturated heterocycles. The molecule has 0 amide bonds. The average Bonchev–Trinajstić information content (AvgIpc) is 3.01. The molecule has 1 aromatic carbocycles. The Bertz CT molecular complexity index is 704. The third-order valence-electron chi connectivity index (χ3n) is 2.86. The van der Waals surface area contributed by atoms with Crippen molar-refractivity contribution in [3.8, 4) is 11.0 Å². The number of thiazole rings is 1. The Balaban J connectivity index is 1.97. The van der Waals surface area contributed by atoms with E-state index in [2.05, 4.69) is 10.1 Å². The lowest BCUT2D eigenvalue weighted by Gasteiger charge is -2.04. The normalized spacial score (nSPS) is 12.9. The van der Waals surface area contributed by atoms with Crippen molar-refractivity contribution in [3.05, 3.63) is 36.0 Å². The van der Waals surface area contributed by atoms with Crippen molar-refractivity contribution in [2.24, 2.45) is 0 Å². The maximum Gasteiger partial charge on any atom is 0.216 e. The van der Waals surface area contributed by atoms with Crippen molar-refractivity contribution >= 4 is 21.6 Å². The fraction of sp³-hybridized carbons (Fsp3) is 0.231. The Kier molecular flexibility index (Phi) is 3.39. The maximum atomic E-state index is 9.94. The molecule has 2 N–H and O–H groups in total. The number of ether oxygens (including phenoxy) is 1. The van der Waals surface area contributed by atoms with Gasteiger partial charge >= 0.3 is 0 Å². The summed E-state index contributed by atoms with van der Waals surface area (Å²) in [6, 6.07) is 9.22. The van der Waals surface area contributed by atoms with E-state index in [4.69, 9.17) is 4.74 Å². The second-order valence-corrected chi connectivity index (χ2v) is 5.27. The second kappa shape index (κ2) is 5.20. The number of rotatable bonds is 4. The second-order valence-electron chi connectivity index (χ2n) is 4.26. The van der Waals surface area contributed by atoms with Gasteiger partial charge in [0.2, 0.25) is 11.0 Å². The fourth-order valence-electron chi connectivity index (χ4n) is 1.87. The molecule has 104 valence electrons. The van der Waals surface area contributed by atoms with E-state index in [9.17, 15) is 10.2 Å². The van der Waals surface area contributed by atoms with Crippen LogP contribution in [0.4, 0.5) is 0 Å². The van der Waals surface area contributed by atoms with E-state index in [0.29, 0.717) is 10.8 Å². The minimum Gasteiger partial charge on any atom is -0.493 e. The summed E-state index contributed by atoms with van der Waals surface area (Å²) in [4.78, 5) is 4.42. The van der Waals surface area contributed by atoms with Crippen LogP contribution in [0.1, 0.15) is 5.69 Å². The van der Waals surface area contributed by atoms with E-state index in [1.165, 1.54) is 29.2 Å². The Hall–Kier alpha value is -1.96. The maximum absolute atomic E-state index is 9.94. The molecule has 0 aliphatic rings. The Morgan fingerprint density at radius 3 is 2.95 bits per heavy atom. The SMILES string of the molecule is COC(O)Cc1cc(O)n(-c2nc3ccccc3s2)n1. The molecular formula is C13H13N3O3S. The van der Waals surface area contributed by atoms with Gasteiger partial charge in [-0.25, -0.2) is 4.98 Å². The number of aliphatic hydroxyl groups is 1. The van der Waals surface area contributed by atoms with Crippen molar-refractivity contribution in [2.45, 2.75) is 12.7 Å². The highest BCUT2D eigenvalue weighted by Gasteiger charge is 2.14. The van der Waals surface area contributed by atoms with E-state index >= 15 is 0 Å². The summed E-state index contributed by atoms with van der Waals surface area (Å²) in [5, 5.41) is 24.2. The van der Waals surface area contributed by atoms with Gasteiger partial charge in [0.1, 0.15) is 0 Å². The van der Waals surface area contributed by atoms with Crippen LogP contribution in [-0.4, -0.2) is 38.4 Å². The molecule has 20 heavy (non-hydrogen) atoms. The highest BCUT2D eigenvalue weighted by molar-refractivity contribution is 7.20. The zero-order valence-electron chi connectivity index (χ0n) is 10.7. The van der Waals surface area contributed by atoms with E-state index in [1.807, 2.05) is 24.3 Å². The molecule has 6 nitrogen and oxygen atoms in total. The van der Waals surface area contributed by atoms with Gasteiger partial charge in [0.05, 0.1) is 15.9 Å². The number of benzene rings is 1. The van der Waals surface area contributed by atoms with Crippen LogP contribution in [0, 0.1) is 0 Å². The third-order valence-corrected chi connectivity index (χ3v) is 3.87. The van der Waals surface area contributed by atoms with Crippen molar-refractivity contribution in [2.75, 3.05) is 7.11 Å². The fourth-order valence-corrected chi connectivity index (χ4v) is 2.80. The lowest BCUT2D eigenvalue weighted by molar-refractivity contribution is -0.0726. The minimum atomic E-state index is -0.937. The molecule has 1 atom stereocenters. The van der Waals surface area contributed by atoms with Crippen LogP contribution >= 0.6 is 11.3 Å². The summed E-state index contributed by atoms with van der Waals surface area (Å²) in [5.74, 6) is -0.0117. The summed E-state index contributed by atoms with van der Waals surface area (Å²) in [7, 11) is 1.41. The molecule has 0 spiro atoms. The van der Waals surface area contributed by atoms with E-state index in [0.717, 1.165) is 10.2 Å². The van der Waals surface area contributed by atoms with E-state index < -0.39 is 6.29 Å². The largest absolute Gasteiger partial charge is 0.493 e. The number of para-hydroxylation sites is 1. The van der Waals surface area contributed by atoms with Gasteiger partial charge in [-0.3, -0.25) is 0 Å². The highest BCUT2D eigenvalue weighted by Crippen LogP contribution is 2.27. The molecule has 0 aliphatic carbocycles. The first-order valence-electron chi connectivity index (χ1n) is 6.02. The predicted molar refractivity (Wildman–Crippen MR) is 75.1 cm³/mol. The number of hydrogen-bond acceptors (Lipinski definition) is 6. The molecule has 7 heteroatoms. The standard InChI is InChI=1S/C13H13N3O3S/c1-19-12(18)7-8-6-11(17)16(15-8)13-14-9-4-2-3-5-10(9)20-13/h2-6,12,17-18H,7H2,1H3. The van der Waals surface area contributed by atoms with Gasteiger partial charge in [-0.15, -0.1) is 0 Å². The molecule has 3 rings (SSSR count). The molecule has 0 radical (unpaired) electrons. The Labute approximate surface area is 118 Å². The Morgan fingerprint density at radius 1 is 1.40 bits per heavy atom. The number of hydrogen-bond donors (Lipinski definition) is 2. The number of aromatic nitrogens is 3. The van der Waals surface area contributed by atoms with Crippen molar-refractivity contribution in [1.29, 1.82) is 0 Å². The molecule has 0 bridgehead atoms. The van der Waals surface area contributed by atoms with Gasteiger partial charge in [0, 0.05) is 19.6 Å². The first kappa shape index (κ1) is 13.0. The zero-order chi connectivity index (χ0) is 14.1. The molecule has 2 aromatic heterocycles.